The highest BCUT2D eigenvalue weighted by Crippen LogP contribution is 2.25. The Hall–Kier alpha value is -0.280. The molecular weight excluding hydrogens is 247 g/mol. The van der Waals surface area contributed by atoms with Crippen molar-refractivity contribution in [1.29, 1.82) is 0 Å². The fourth-order valence-electron chi connectivity index (χ4n) is 1.58. The first-order valence-electron chi connectivity index (χ1n) is 5.16. The van der Waals surface area contributed by atoms with Crippen molar-refractivity contribution in [2.24, 2.45) is 0 Å². The monoisotopic (exact) mass is 262 g/mol. The molecule has 0 aliphatic carbocycles. The second kappa shape index (κ2) is 5.87. The Labute approximate surface area is 106 Å². The predicted molar refractivity (Wildman–Crippen MR) is 67.3 cm³/mol. The van der Waals surface area contributed by atoms with E-state index in [2.05, 4.69) is 0 Å². The first-order chi connectivity index (χ1) is 7.50. The van der Waals surface area contributed by atoms with E-state index in [0.717, 1.165) is 5.56 Å². The van der Waals surface area contributed by atoms with Gasteiger partial charge in [0, 0.05) is 13.5 Å². The number of benzene rings is 1. The van der Waals surface area contributed by atoms with Crippen molar-refractivity contribution in [1.82, 2.24) is 0 Å². The minimum absolute atomic E-state index is 0.309. The van der Waals surface area contributed by atoms with Crippen LogP contribution in [0.1, 0.15) is 18.9 Å². The summed E-state index contributed by atoms with van der Waals surface area (Å²) in [4.78, 5) is 0. The molecule has 0 heterocycles. The number of halogens is 2. The summed E-state index contributed by atoms with van der Waals surface area (Å²) in [5.74, 6) is 0. The Bertz CT molecular complexity index is 355. The van der Waals surface area contributed by atoms with Crippen LogP contribution in [-0.2, 0) is 11.2 Å². The molecule has 0 radical (unpaired) electrons. The molecule has 1 aromatic rings. The van der Waals surface area contributed by atoms with Gasteiger partial charge in [-0.3, -0.25) is 0 Å². The van der Waals surface area contributed by atoms with E-state index in [4.69, 9.17) is 27.9 Å². The third-order valence-electron chi connectivity index (χ3n) is 2.59. The van der Waals surface area contributed by atoms with Gasteiger partial charge in [0.05, 0.1) is 22.3 Å². The number of ether oxygens (including phenoxy) is 1. The van der Waals surface area contributed by atoms with Gasteiger partial charge in [0.2, 0.25) is 0 Å². The van der Waals surface area contributed by atoms with Crippen LogP contribution in [0.3, 0.4) is 0 Å². The minimum Gasteiger partial charge on any atom is -0.387 e. The number of hydrogen-bond acceptors (Lipinski definition) is 2. The third-order valence-corrected chi connectivity index (χ3v) is 3.33. The number of rotatable bonds is 5. The van der Waals surface area contributed by atoms with Crippen molar-refractivity contribution in [3.8, 4) is 0 Å². The molecule has 0 aromatic heterocycles. The van der Waals surface area contributed by atoms with Crippen molar-refractivity contribution >= 4 is 23.2 Å². The molecule has 16 heavy (non-hydrogen) atoms. The molecule has 1 unspecified atom stereocenters. The van der Waals surface area contributed by atoms with E-state index in [1.54, 1.807) is 19.2 Å². The van der Waals surface area contributed by atoms with Crippen molar-refractivity contribution in [2.45, 2.75) is 25.4 Å². The van der Waals surface area contributed by atoms with Crippen molar-refractivity contribution < 1.29 is 9.84 Å². The van der Waals surface area contributed by atoms with E-state index in [9.17, 15) is 5.11 Å². The molecule has 4 heteroatoms. The molecule has 1 N–H and O–H groups in total. The summed E-state index contributed by atoms with van der Waals surface area (Å²) in [6, 6.07) is 5.38. The maximum absolute atomic E-state index is 10.2. The van der Waals surface area contributed by atoms with Crippen LogP contribution < -0.4 is 0 Å². The lowest BCUT2D eigenvalue weighted by Gasteiger charge is -2.26. The van der Waals surface area contributed by atoms with E-state index >= 15 is 0 Å². The fourth-order valence-corrected chi connectivity index (χ4v) is 1.90. The first-order valence-corrected chi connectivity index (χ1v) is 5.91. The number of aliphatic hydroxyl groups is 1. The topological polar surface area (TPSA) is 29.5 Å². The van der Waals surface area contributed by atoms with Crippen molar-refractivity contribution in [3.05, 3.63) is 33.8 Å². The van der Waals surface area contributed by atoms with Gasteiger partial charge in [0.25, 0.3) is 0 Å². The average Bonchev–Trinajstić information content (AvgIpc) is 2.24. The zero-order chi connectivity index (χ0) is 12.2. The summed E-state index contributed by atoms with van der Waals surface area (Å²) in [6.07, 6.45) is 1.13. The molecule has 0 saturated carbocycles. The van der Waals surface area contributed by atoms with Gasteiger partial charge in [-0.1, -0.05) is 36.2 Å². The van der Waals surface area contributed by atoms with Crippen LogP contribution in [0, 0.1) is 0 Å². The van der Waals surface area contributed by atoms with Crippen LogP contribution in [0.4, 0.5) is 0 Å². The molecule has 1 atom stereocenters. The number of hydrogen-bond donors (Lipinski definition) is 1. The van der Waals surface area contributed by atoms with Gasteiger partial charge in [0.15, 0.2) is 0 Å². The summed E-state index contributed by atoms with van der Waals surface area (Å²) >= 11 is 11.7. The summed E-state index contributed by atoms with van der Waals surface area (Å²) < 4.78 is 5.01. The minimum atomic E-state index is -0.841. The Kier molecular flexibility index (Phi) is 5.06. The highest BCUT2D eigenvalue weighted by molar-refractivity contribution is 6.42. The summed E-state index contributed by atoms with van der Waals surface area (Å²) in [5, 5.41) is 11.3. The van der Waals surface area contributed by atoms with E-state index in [0.29, 0.717) is 29.5 Å². The van der Waals surface area contributed by atoms with Gasteiger partial charge in [-0.15, -0.1) is 0 Å². The fraction of sp³-hybridized carbons (Fsp3) is 0.500. The largest absolute Gasteiger partial charge is 0.387 e. The van der Waals surface area contributed by atoms with Crippen molar-refractivity contribution in [3.63, 3.8) is 0 Å². The van der Waals surface area contributed by atoms with E-state index in [1.165, 1.54) is 0 Å². The Morgan fingerprint density at radius 3 is 2.50 bits per heavy atom. The van der Waals surface area contributed by atoms with E-state index < -0.39 is 5.60 Å². The smallest absolute Gasteiger partial charge is 0.0917 e. The number of methoxy groups -OCH3 is 1. The lowest BCUT2D eigenvalue weighted by atomic mass is 9.93. The molecule has 0 aliphatic heterocycles. The molecule has 0 spiro atoms. The SMILES string of the molecule is CCC(O)(COC)Cc1ccc(Cl)c(Cl)c1. The van der Waals surface area contributed by atoms with Gasteiger partial charge in [0.1, 0.15) is 0 Å². The first kappa shape index (κ1) is 13.8. The van der Waals surface area contributed by atoms with Gasteiger partial charge in [-0.2, -0.15) is 0 Å². The van der Waals surface area contributed by atoms with E-state index in [-0.39, 0.29) is 0 Å². The lowest BCUT2D eigenvalue weighted by molar-refractivity contribution is -0.0333. The van der Waals surface area contributed by atoms with Crippen LogP contribution in [0.5, 0.6) is 0 Å². The molecular formula is C12H16Cl2O2. The molecule has 0 aliphatic rings. The van der Waals surface area contributed by atoms with Crippen LogP contribution in [0.25, 0.3) is 0 Å². The maximum atomic E-state index is 10.2. The van der Waals surface area contributed by atoms with Crippen LogP contribution in [0.2, 0.25) is 10.0 Å². The highest BCUT2D eigenvalue weighted by Gasteiger charge is 2.25. The normalized spacial score (nSPS) is 14.8. The quantitative estimate of drug-likeness (QED) is 0.883. The van der Waals surface area contributed by atoms with Gasteiger partial charge < -0.3 is 9.84 Å². The lowest BCUT2D eigenvalue weighted by Crippen LogP contribution is -2.35. The standard InChI is InChI=1S/C12H16Cl2O2/c1-3-12(15,8-16-2)7-9-4-5-10(13)11(14)6-9/h4-6,15H,3,7-8H2,1-2H3. The van der Waals surface area contributed by atoms with Gasteiger partial charge in [-0.25, -0.2) is 0 Å². The second-order valence-electron chi connectivity index (χ2n) is 3.94. The van der Waals surface area contributed by atoms with Crippen LogP contribution in [0.15, 0.2) is 18.2 Å². The zero-order valence-electron chi connectivity index (χ0n) is 9.46. The molecule has 0 saturated heterocycles. The summed E-state index contributed by atoms with van der Waals surface area (Å²) in [6.45, 7) is 2.24. The predicted octanol–water partition coefficient (Wildman–Crippen LogP) is 3.32. The molecule has 0 amide bonds. The Balaban J connectivity index is 2.81. The second-order valence-corrected chi connectivity index (χ2v) is 4.75. The highest BCUT2D eigenvalue weighted by atomic mass is 35.5. The average molecular weight is 263 g/mol. The van der Waals surface area contributed by atoms with Gasteiger partial charge >= 0.3 is 0 Å². The third kappa shape index (κ3) is 3.63. The van der Waals surface area contributed by atoms with Crippen molar-refractivity contribution in [2.75, 3.05) is 13.7 Å². The summed E-state index contributed by atoms with van der Waals surface area (Å²) in [7, 11) is 1.58. The zero-order valence-corrected chi connectivity index (χ0v) is 11.0. The maximum Gasteiger partial charge on any atom is 0.0917 e. The summed E-state index contributed by atoms with van der Waals surface area (Å²) in [5.41, 5.74) is 0.113. The van der Waals surface area contributed by atoms with Crippen LogP contribution >= 0.6 is 23.2 Å². The molecule has 0 bridgehead atoms. The molecule has 1 rings (SSSR count). The van der Waals surface area contributed by atoms with Crippen LogP contribution in [-0.4, -0.2) is 24.4 Å². The van der Waals surface area contributed by atoms with E-state index in [1.807, 2.05) is 13.0 Å². The Morgan fingerprint density at radius 2 is 2.00 bits per heavy atom. The molecule has 90 valence electrons. The van der Waals surface area contributed by atoms with Gasteiger partial charge in [-0.05, 0) is 24.1 Å². The molecule has 1 aromatic carbocycles. The Morgan fingerprint density at radius 1 is 1.31 bits per heavy atom. The molecule has 0 fully saturated rings. The molecule has 2 nitrogen and oxygen atoms in total.